The van der Waals surface area contributed by atoms with E-state index in [2.05, 4.69) is 0 Å². The number of aromatic hydroxyl groups is 1. The number of phenols is 1. The Morgan fingerprint density at radius 3 is 2.00 bits per heavy atom. The molecule has 16 heteroatoms. The number of carboxylic acids is 1. The first-order chi connectivity index (χ1) is 21.2. The summed E-state index contributed by atoms with van der Waals surface area (Å²) >= 11 is 0. The van der Waals surface area contributed by atoms with Gasteiger partial charge in [-0.3, -0.25) is 4.79 Å². The fraction of sp³-hybridized carbons (Fsp3) is 0.310. The highest BCUT2D eigenvalue weighted by Gasteiger charge is 2.48. The maximum Gasteiger partial charge on any atom is 0.339 e. The number of benzene rings is 3. The largest absolute Gasteiger partial charge is 0.507 e. The maximum atomic E-state index is 15.3. The van der Waals surface area contributed by atoms with Crippen molar-refractivity contribution in [3.63, 3.8) is 0 Å². The zero-order valence-electron chi connectivity index (χ0n) is 23.1. The molecule has 0 radical (unpaired) electrons. The van der Waals surface area contributed by atoms with Crippen molar-refractivity contribution < 1.29 is 59.3 Å². The van der Waals surface area contributed by atoms with Crippen molar-refractivity contribution in [2.24, 2.45) is 0 Å². The first kappa shape index (κ1) is 32.2. The Kier molecular flexibility index (Phi) is 8.83. The smallest absolute Gasteiger partial charge is 0.339 e. The maximum absolute atomic E-state index is 15.3. The lowest BCUT2D eigenvalue weighted by Gasteiger charge is -2.41. The second-order valence-corrected chi connectivity index (χ2v) is 12.3. The van der Waals surface area contributed by atoms with Crippen molar-refractivity contribution in [3.8, 4) is 5.75 Å². The number of amides is 1. The van der Waals surface area contributed by atoms with Crippen LogP contribution in [0.2, 0.25) is 0 Å². The molecule has 0 aromatic heterocycles. The predicted octanol–water partition coefficient (Wildman–Crippen LogP) is 4.82. The number of rotatable bonds is 8. The SMILES string of the molecule is O=C(O)c1cc(F)c(N(Cc2ccc(C3CCOCC3)cc2)C(=O)C2CCN2S(=O)(=O)c2c(F)c(F)c(F)c(F)c2F)cc1O. The van der Waals surface area contributed by atoms with Crippen molar-refractivity contribution in [3.05, 3.63) is 88.0 Å². The number of nitrogens with zero attached hydrogens (tertiary/aromatic N) is 2. The molecule has 2 aliphatic rings. The van der Waals surface area contributed by atoms with Gasteiger partial charge in [0.05, 0.1) is 12.2 Å². The molecule has 0 bridgehead atoms. The number of aromatic carboxylic acids is 1. The van der Waals surface area contributed by atoms with Crippen LogP contribution in [0.4, 0.5) is 32.0 Å². The van der Waals surface area contributed by atoms with Gasteiger partial charge in [0, 0.05) is 25.8 Å². The first-order valence-electron chi connectivity index (χ1n) is 13.5. The normalized spacial score (nSPS) is 17.6. The van der Waals surface area contributed by atoms with Crippen molar-refractivity contribution in [1.29, 1.82) is 0 Å². The van der Waals surface area contributed by atoms with Crippen LogP contribution in [-0.4, -0.2) is 60.6 Å². The Morgan fingerprint density at radius 1 is 0.889 bits per heavy atom. The molecular weight excluding hydrogens is 634 g/mol. The van der Waals surface area contributed by atoms with Gasteiger partial charge in [-0.25, -0.2) is 39.6 Å². The van der Waals surface area contributed by atoms with Gasteiger partial charge in [0.15, 0.2) is 28.2 Å². The monoisotopic (exact) mass is 658 g/mol. The van der Waals surface area contributed by atoms with Crippen molar-refractivity contribution in [2.75, 3.05) is 24.7 Å². The Morgan fingerprint density at radius 2 is 1.47 bits per heavy atom. The van der Waals surface area contributed by atoms with E-state index in [0.717, 1.165) is 18.4 Å². The minimum atomic E-state index is -5.50. The lowest BCUT2D eigenvalue weighted by atomic mass is 9.91. The van der Waals surface area contributed by atoms with Crippen LogP contribution < -0.4 is 4.90 Å². The van der Waals surface area contributed by atoms with Gasteiger partial charge in [-0.15, -0.1) is 0 Å². The average Bonchev–Trinajstić information content (AvgIpc) is 2.98. The van der Waals surface area contributed by atoms with Crippen LogP contribution in [0.15, 0.2) is 41.3 Å². The zero-order valence-corrected chi connectivity index (χ0v) is 23.9. The topological polar surface area (TPSA) is 124 Å². The number of anilines is 1. The number of sulfonamides is 1. The van der Waals surface area contributed by atoms with E-state index in [1.807, 2.05) is 0 Å². The van der Waals surface area contributed by atoms with E-state index in [1.165, 1.54) is 0 Å². The second-order valence-electron chi connectivity index (χ2n) is 10.5. The van der Waals surface area contributed by atoms with E-state index in [1.54, 1.807) is 24.3 Å². The Balaban J connectivity index is 1.52. The highest BCUT2D eigenvalue weighted by atomic mass is 32.2. The standard InChI is InChI=1S/C29H24F6N2O7S/c30-18-11-17(29(40)41)21(38)12-20(18)36(13-14-1-3-15(4-2-14)16-6-9-44-10-7-16)28(39)19-5-8-37(19)45(42,43)27-25(34)23(32)22(31)24(33)26(27)35/h1-4,11-12,16,19,38H,5-10,13H2,(H,40,41). The summed E-state index contributed by atoms with van der Waals surface area (Å²) < 4.78 is 117. The Hall–Kier alpha value is -4.15. The van der Waals surface area contributed by atoms with Crippen LogP contribution in [0.3, 0.4) is 0 Å². The number of ether oxygens (including phenoxy) is 1. The summed E-state index contributed by atoms with van der Waals surface area (Å²) in [5.74, 6) is -17.7. The predicted molar refractivity (Wildman–Crippen MR) is 144 cm³/mol. The van der Waals surface area contributed by atoms with E-state index in [9.17, 15) is 50.2 Å². The molecule has 1 unspecified atom stereocenters. The van der Waals surface area contributed by atoms with Crippen LogP contribution in [-0.2, 0) is 26.1 Å². The molecule has 2 fully saturated rings. The molecular formula is C29H24F6N2O7S. The highest BCUT2D eigenvalue weighted by Crippen LogP contribution is 2.37. The number of halogens is 6. The molecule has 240 valence electrons. The van der Waals surface area contributed by atoms with Gasteiger partial charge in [-0.2, -0.15) is 4.31 Å². The number of carboxylic acid groups (broad SMARTS) is 1. The van der Waals surface area contributed by atoms with Crippen LogP contribution in [0.1, 0.15) is 46.7 Å². The van der Waals surface area contributed by atoms with Gasteiger partial charge in [0.2, 0.25) is 21.7 Å². The fourth-order valence-corrected chi connectivity index (χ4v) is 7.07. The highest BCUT2D eigenvalue weighted by molar-refractivity contribution is 7.89. The summed E-state index contributed by atoms with van der Waals surface area (Å²) in [7, 11) is -5.50. The molecule has 3 aromatic carbocycles. The first-order valence-corrected chi connectivity index (χ1v) is 14.9. The molecule has 0 saturated carbocycles. The number of carbonyl (C=O) groups excluding carboxylic acids is 1. The quantitative estimate of drug-likeness (QED) is 0.202. The van der Waals surface area contributed by atoms with E-state index < -0.39 is 97.8 Å². The molecule has 2 heterocycles. The zero-order chi connectivity index (χ0) is 32.8. The summed E-state index contributed by atoms with van der Waals surface area (Å²) in [6.07, 6.45) is 1.27. The van der Waals surface area contributed by atoms with Crippen molar-refractivity contribution in [2.45, 2.75) is 42.7 Å². The summed E-state index contributed by atoms with van der Waals surface area (Å²) in [6.45, 7) is 0.158. The molecule has 45 heavy (non-hydrogen) atoms. The third-order valence-corrected chi connectivity index (χ3v) is 9.79. The van der Waals surface area contributed by atoms with Crippen molar-refractivity contribution in [1.82, 2.24) is 4.31 Å². The summed E-state index contributed by atoms with van der Waals surface area (Å²) in [4.78, 5) is 23.8. The van der Waals surface area contributed by atoms with Gasteiger partial charge >= 0.3 is 5.97 Å². The Bertz CT molecular complexity index is 1750. The van der Waals surface area contributed by atoms with Gasteiger partial charge in [0.1, 0.15) is 23.2 Å². The lowest BCUT2D eigenvalue weighted by molar-refractivity contribution is -0.125. The third-order valence-electron chi connectivity index (χ3n) is 7.86. The molecule has 2 aliphatic heterocycles. The van der Waals surface area contributed by atoms with Crippen LogP contribution in [0, 0.1) is 34.9 Å². The molecule has 9 nitrogen and oxygen atoms in total. The number of hydrogen-bond acceptors (Lipinski definition) is 6. The number of carbonyl (C=O) groups is 2. The van der Waals surface area contributed by atoms with Crippen molar-refractivity contribution >= 4 is 27.6 Å². The molecule has 1 amide bonds. The molecule has 2 N–H and O–H groups in total. The van der Waals surface area contributed by atoms with Gasteiger partial charge in [-0.1, -0.05) is 24.3 Å². The third kappa shape index (κ3) is 5.84. The minimum Gasteiger partial charge on any atom is -0.507 e. The van der Waals surface area contributed by atoms with E-state index in [4.69, 9.17) is 4.74 Å². The Labute approximate surface area is 252 Å². The summed E-state index contributed by atoms with van der Waals surface area (Å²) in [6, 6.07) is 6.11. The molecule has 0 aliphatic carbocycles. The molecule has 2 saturated heterocycles. The van der Waals surface area contributed by atoms with Gasteiger partial charge in [0.25, 0.3) is 0 Å². The minimum absolute atomic E-state index is 0.208. The second kappa shape index (κ2) is 12.3. The van der Waals surface area contributed by atoms with E-state index in [0.29, 0.717) is 35.8 Å². The van der Waals surface area contributed by atoms with Gasteiger partial charge < -0.3 is 19.8 Å². The van der Waals surface area contributed by atoms with Crippen LogP contribution >= 0.6 is 0 Å². The molecule has 0 spiro atoms. The molecule has 5 rings (SSSR count). The lowest BCUT2D eigenvalue weighted by Crippen LogP contribution is -2.59. The number of hydrogen-bond donors (Lipinski definition) is 2. The summed E-state index contributed by atoms with van der Waals surface area (Å²) in [5.41, 5.74) is -0.123. The molecule has 3 aromatic rings. The summed E-state index contributed by atoms with van der Waals surface area (Å²) in [5, 5.41) is 19.5. The fourth-order valence-electron chi connectivity index (χ4n) is 5.33. The average molecular weight is 659 g/mol. The molecule has 1 atom stereocenters. The van der Waals surface area contributed by atoms with Crippen LogP contribution in [0.25, 0.3) is 0 Å². The van der Waals surface area contributed by atoms with Crippen LogP contribution in [0.5, 0.6) is 5.75 Å². The van der Waals surface area contributed by atoms with Gasteiger partial charge in [-0.05, 0) is 42.4 Å². The van der Waals surface area contributed by atoms with E-state index >= 15 is 4.39 Å². The van der Waals surface area contributed by atoms with E-state index in [-0.39, 0.29) is 16.6 Å².